The molecule has 2 amide bonds. The molecule has 3 aliphatic heterocycles. The zero-order valence-electron chi connectivity index (χ0n) is 14.1. The SMILES string of the molecule is CCOC1=N[C@@H](C)C(=O)N2[C@H]1C[C@H]1c3ccccc3N(C(C)=O)[C@H]12. The van der Waals surface area contributed by atoms with E-state index in [9.17, 15) is 9.59 Å². The van der Waals surface area contributed by atoms with Gasteiger partial charge in [0.15, 0.2) is 0 Å². The highest BCUT2D eigenvalue weighted by atomic mass is 16.5. The van der Waals surface area contributed by atoms with E-state index < -0.39 is 6.04 Å². The van der Waals surface area contributed by atoms with Crippen LogP contribution in [0.5, 0.6) is 0 Å². The Kier molecular flexibility index (Phi) is 3.37. The maximum absolute atomic E-state index is 12.8. The van der Waals surface area contributed by atoms with E-state index in [2.05, 4.69) is 11.1 Å². The minimum atomic E-state index is -0.473. The first-order valence-corrected chi connectivity index (χ1v) is 8.46. The number of anilines is 1. The van der Waals surface area contributed by atoms with Crippen LogP contribution in [-0.4, -0.2) is 47.5 Å². The van der Waals surface area contributed by atoms with Gasteiger partial charge in [-0.1, -0.05) is 18.2 Å². The number of ether oxygens (including phenoxy) is 1. The van der Waals surface area contributed by atoms with Gasteiger partial charge in [-0.25, -0.2) is 4.99 Å². The second kappa shape index (κ2) is 5.33. The topological polar surface area (TPSA) is 62.2 Å². The maximum Gasteiger partial charge on any atom is 0.249 e. The van der Waals surface area contributed by atoms with E-state index >= 15 is 0 Å². The van der Waals surface area contributed by atoms with Crippen LogP contribution in [0.15, 0.2) is 29.3 Å². The number of fused-ring (bicyclic) bond motifs is 5. The number of carbonyl (C=O) groups excluding carboxylic acids is 2. The molecule has 4 rings (SSSR count). The molecular weight excluding hydrogens is 306 g/mol. The van der Waals surface area contributed by atoms with Crippen molar-refractivity contribution in [3.8, 4) is 0 Å². The third-order valence-electron chi connectivity index (χ3n) is 5.17. The highest BCUT2D eigenvalue weighted by Crippen LogP contribution is 2.50. The number of hydrogen-bond donors (Lipinski definition) is 0. The number of amides is 2. The van der Waals surface area contributed by atoms with Gasteiger partial charge in [0.2, 0.25) is 17.7 Å². The molecule has 0 aromatic heterocycles. The fourth-order valence-electron chi connectivity index (χ4n) is 4.30. The minimum absolute atomic E-state index is 0.0324. The van der Waals surface area contributed by atoms with Gasteiger partial charge in [0.05, 0.1) is 6.61 Å². The normalized spacial score (nSPS) is 30.6. The van der Waals surface area contributed by atoms with Crippen molar-refractivity contribution in [2.24, 2.45) is 4.99 Å². The lowest BCUT2D eigenvalue weighted by atomic mass is 9.96. The number of rotatable bonds is 1. The Bertz CT molecular complexity index is 745. The Morgan fingerprint density at radius 2 is 2.12 bits per heavy atom. The fraction of sp³-hybridized carbons (Fsp3) is 0.500. The second-order valence-electron chi connectivity index (χ2n) is 6.54. The molecule has 0 spiro atoms. The van der Waals surface area contributed by atoms with Gasteiger partial charge in [-0.05, 0) is 31.9 Å². The number of aliphatic imine (C=N–C) groups is 1. The predicted molar refractivity (Wildman–Crippen MR) is 89.9 cm³/mol. The quantitative estimate of drug-likeness (QED) is 0.791. The summed E-state index contributed by atoms with van der Waals surface area (Å²) in [5.41, 5.74) is 2.04. The van der Waals surface area contributed by atoms with Gasteiger partial charge in [-0.15, -0.1) is 0 Å². The number of carbonyl (C=O) groups is 2. The Morgan fingerprint density at radius 1 is 1.38 bits per heavy atom. The van der Waals surface area contributed by atoms with Crippen LogP contribution in [0.1, 0.15) is 38.7 Å². The van der Waals surface area contributed by atoms with Gasteiger partial charge in [-0.3, -0.25) is 14.5 Å². The van der Waals surface area contributed by atoms with E-state index in [0.717, 1.165) is 17.7 Å². The molecule has 1 aromatic rings. The van der Waals surface area contributed by atoms with Gasteiger partial charge < -0.3 is 9.64 Å². The lowest BCUT2D eigenvalue weighted by Gasteiger charge is -2.38. The van der Waals surface area contributed by atoms with Crippen molar-refractivity contribution >= 4 is 23.4 Å². The average Bonchev–Trinajstić information content (AvgIpc) is 3.07. The van der Waals surface area contributed by atoms with E-state index in [4.69, 9.17) is 4.74 Å². The average molecular weight is 327 g/mol. The summed E-state index contributed by atoms with van der Waals surface area (Å²) in [6, 6.07) is 7.27. The monoisotopic (exact) mass is 327 g/mol. The van der Waals surface area contributed by atoms with Gasteiger partial charge in [0, 0.05) is 18.5 Å². The van der Waals surface area contributed by atoms with Crippen LogP contribution in [0.3, 0.4) is 0 Å². The highest BCUT2D eigenvalue weighted by molar-refractivity contribution is 6.00. The second-order valence-corrected chi connectivity index (χ2v) is 6.54. The van der Waals surface area contributed by atoms with Crippen LogP contribution < -0.4 is 4.90 Å². The van der Waals surface area contributed by atoms with Crippen LogP contribution in [0.4, 0.5) is 5.69 Å². The zero-order chi connectivity index (χ0) is 17.0. The fourth-order valence-corrected chi connectivity index (χ4v) is 4.30. The van der Waals surface area contributed by atoms with Crippen LogP contribution in [0, 0.1) is 0 Å². The van der Waals surface area contributed by atoms with Crippen LogP contribution in [-0.2, 0) is 14.3 Å². The van der Waals surface area contributed by atoms with Crippen LogP contribution in [0.25, 0.3) is 0 Å². The third kappa shape index (κ3) is 1.92. The highest BCUT2D eigenvalue weighted by Gasteiger charge is 2.57. The van der Waals surface area contributed by atoms with Crippen LogP contribution >= 0.6 is 0 Å². The maximum atomic E-state index is 12.8. The van der Waals surface area contributed by atoms with E-state index in [0.29, 0.717) is 12.5 Å². The molecule has 0 aliphatic carbocycles. The Labute approximate surface area is 141 Å². The molecule has 6 nitrogen and oxygen atoms in total. The van der Waals surface area contributed by atoms with Crippen molar-refractivity contribution in [1.29, 1.82) is 0 Å². The van der Waals surface area contributed by atoms with Gasteiger partial charge in [0.1, 0.15) is 18.2 Å². The molecule has 3 heterocycles. The minimum Gasteiger partial charge on any atom is -0.480 e. The molecule has 1 saturated heterocycles. The van der Waals surface area contributed by atoms with Crippen LogP contribution in [0.2, 0.25) is 0 Å². The summed E-state index contributed by atoms with van der Waals surface area (Å²) >= 11 is 0. The summed E-state index contributed by atoms with van der Waals surface area (Å²) in [5.74, 6) is 0.654. The predicted octanol–water partition coefficient (Wildman–Crippen LogP) is 1.90. The standard InChI is InChI=1S/C18H21N3O3/c1-4-24-16-15-9-13-12-7-5-6-8-14(12)20(11(3)22)17(13)21(15)18(23)10(2)19-16/h5-8,10,13,15,17H,4,9H2,1-3H3/t10-,13-,15-,17-/m0/s1. The smallest absolute Gasteiger partial charge is 0.249 e. The van der Waals surface area contributed by atoms with Crippen molar-refractivity contribution in [2.75, 3.05) is 11.5 Å². The summed E-state index contributed by atoms with van der Waals surface area (Å²) in [6.07, 6.45) is 0.466. The number of benzene rings is 1. The van der Waals surface area contributed by atoms with Crippen molar-refractivity contribution in [1.82, 2.24) is 4.90 Å². The van der Waals surface area contributed by atoms with Crippen molar-refractivity contribution in [3.05, 3.63) is 29.8 Å². The molecule has 3 aliphatic rings. The number of nitrogens with zero attached hydrogens (tertiary/aromatic N) is 3. The zero-order valence-corrected chi connectivity index (χ0v) is 14.1. The lowest BCUT2D eigenvalue weighted by molar-refractivity contribution is -0.135. The van der Waals surface area contributed by atoms with E-state index in [1.165, 1.54) is 0 Å². The molecule has 0 radical (unpaired) electrons. The van der Waals surface area contributed by atoms with Crippen molar-refractivity contribution in [2.45, 2.75) is 51.4 Å². The molecule has 0 saturated carbocycles. The summed E-state index contributed by atoms with van der Waals surface area (Å²) in [7, 11) is 0. The van der Waals surface area contributed by atoms with E-state index in [1.54, 1.807) is 18.7 Å². The van der Waals surface area contributed by atoms with Gasteiger partial charge in [-0.2, -0.15) is 0 Å². The van der Waals surface area contributed by atoms with Crippen molar-refractivity contribution < 1.29 is 14.3 Å². The first-order valence-electron chi connectivity index (χ1n) is 8.46. The summed E-state index contributed by atoms with van der Waals surface area (Å²) in [4.78, 5) is 33.2. The number of hydrogen-bond acceptors (Lipinski definition) is 4. The molecule has 0 N–H and O–H groups in total. The molecular formula is C18H21N3O3. The Morgan fingerprint density at radius 3 is 2.83 bits per heavy atom. The first kappa shape index (κ1) is 15.2. The molecule has 6 heteroatoms. The van der Waals surface area contributed by atoms with E-state index in [-0.39, 0.29) is 29.9 Å². The molecule has 4 atom stereocenters. The Hall–Kier alpha value is -2.37. The number of para-hydroxylation sites is 1. The van der Waals surface area contributed by atoms with Crippen molar-refractivity contribution in [3.63, 3.8) is 0 Å². The summed E-state index contributed by atoms with van der Waals surface area (Å²) < 4.78 is 5.72. The molecule has 1 aromatic carbocycles. The van der Waals surface area contributed by atoms with E-state index in [1.807, 2.05) is 30.0 Å². The molecule has 24 heavy (non-hydrogen) atoms. The molecule has 0 bridgehead atoms. The summed E-state index contributed by atoms with van der Waals surface area (Å²) in [6.45, 7) is 5.78. The first-order chi connectivity index (χ1) is 11.5. The summed E-state index contributed by atoms with van der Waals surface area (Å²) in [5, 5.41) is 0. The largest absolute Gasteiger partial charge is 0.480 e. The Balaban J connectivity index is 1.82. The lowest BCUT2D eigenvalue weighted by Crippen LogP contribution is -2.57. The van der Waals surface area contributed by atoms with Gasteiger partial charge in [0.25, 0.3) is 0 Å². The molecule has 0 unspecified atom stereocenters. The molecule has 1 fully saturated rings. The third-order valence-corrected chi connectivity index (χ3v) is 5.17. The van der Waals surface area contributed by atoms with Gasteiger partial charge >= 0.3 is 0 Å². The molecule has 126 valence electrons.